The van der Waals surface area contributed by atoms with E-state index in [9.17, 15) is 4.79 Å². The predicted octanol–water partition coefficient (Wildman–Crippen LogP) is 3.88. The van der Waals surface area contributed by atoms with Crippen LogP contribution in [0.15, 0.2) is 35.7 Å². The van der Waals surface area contributed by atoms with Gasteiger partial charge >= 0.3 is 0 Å². The number of carbonyl (C=O) groups is 1. The number of carbonyl (C=O) groups excluding carboxylic acids is 1. The number of benzene rings is 1. The number of fused-ring (bicyclic) bond motifs is 2. The molecule has 1 amide bonds. The molecule has 0 radical (unpaired) electrons. The first kappa shape index (κ1) is 13.9. The van der Waals surface area contributed by atoms with Crippen molar-refractivity contribution in [2.24, 2.45) is 0 Å². The van der Waals surface area contributed by atoms with Gasteiger partial charge in [0.05, 0.1) is 15.2 Å². The van der Waals surface area contributed by atoms with E-state index in [1.54, 1.807) is 22.7 Å². The summed E-state index contributed by atoms with van der Waals surface area (Å²) >= 11 is 3.50. The summed E-state index contributed by atoms with van der Waals surface area (Å²) in [6.07, 6.45) is 2.30. The second-order valence-electron chi connectivity index (χ2n) is 5.51. The van der Waals surface area contributed by atoms with Gasteiger partial charge in [-0.25, -0.2) is 4.98 Å². The molecule has 0 N–H and O–H groups in total. The summed E-state index contributed by atoms with van der Waals surface area (Å²) < 4.78 is 1.20. The van der Waals surface area contributed by atoms with Gasteiger partial charge < -0.3 is 4.90 Å². The molecule has 3 heterocycles. The first-order valence-corrected chi connectivity index (χ1v) is 9.17. The Hall–Kier alpha value is -1.72. The normalized spacial score (nSPS) is 14.3. The van der Waals surface area contributed by atoms with Crippen LogP contribution in [0.5, 0.6) is 0 Å². The van der Waals surface area contributed by atoms with E-state index in [1.165, 1.54) is 15.1 Å². The minimum atomic E-state index is 0.246. The lowest BCUT2D eigenvalue weighted by Crippen LogP contribution is -2.35. The molecule has 0 aliphatic carbocycles. The molecule has 1 aliphatic rings. The highest BCUT2D eigenvalue weighted by Gasteiger charge is 2.21. The zero-order chi connectivity index (χ0) is 14.9. The second kappa shape index (κ2) is 5.82. The maximum absolute atomic E-state index is 12.4. The highest BCUT2D eigenvalue weighted by atomic mass is 32.1. The minimum absolute atomic E-state index is 0.246. The molecule has 0 fully saturated rings. The average Bonchev–Trinajstić information content (AvgIpc) is 3.17. The van der Waals surface area contributed by atoms with E-state index in [0.29, 0.717) is 6.42 Å². The lowest BCUT2D eigenvalue weighted by Gasteiger charge is -2.27. The van der Waals surface area contributed by atoms with Gasteiger partial charge in [-0.15, -0.1) is 22.7 Å². The van der Waals surface area contributed by atoms with Crippen LogP contribution >= 0.6 is 22.7 Å². The Kier molecular flexibility index (Phi) is 3.68. The molecule has 4 rings (SSSR count). The van der Waals surface area contributed by atoms with Gasteiger partial charge in [0.2, 0.25) is 5.91 Å². The fraction of sp³-hybridized carbons (Fsp3) is 0.294. The third-order valence-corrected chi connectivity index (χ3v) is 6.17. The van der Waals surface area contributed by atoms with E-state index in [2.05, 4.69) is 22.5 Å². The summed E-state index contributed by atoms with van der Waals surface area (Å²) in [4.78, 5) is 20.5. The van der Waals surface area contributed by atoms with E-state index in [4.69, 9.17) is 0 Å². The van der Waals surface area contributed by atoms with Crippen molar-refractivity contribution in [2.45, 2.75) is 25.8 Å². The van der Waals surface area contributed by atoms with Crippen LogP contribution < -0.4 is 0 Å². The Morgan fingerprint density at radius 3 is 3.09 bits per heavy atom. The first-order valence-electron chi connectivity index (χ1n) is 7.47. The number of hydrogen-bond donors (Lipinski definition) is 0. The number of thiophene rings is 1. The van der Waals surface area contributed by atoms with Crippen molar-refractivity contribution in [3.8, 4) is 0 Å². The van der Waals surface area contributed by atoms with Crippen molar-refractivity contribution in [1.29, 1.82) is 0 Å². The van der Waals surface area contributed by atoms with Gasteiger partial charge in [-0.2, -0.15) is 0 Å². The summed E-state index contributed by atoms with van der Waals surface area (Å²) in [5.74, 6) is 0.246. The van der Waals surface area contributed by atoms with Crippen molar-refractivity contribution < 1.29 is 4.79 Å². The molecule has 0 bridgehead atoms. The maximum atomic E-state index is 12.4. The van der Waals surface area contributed by atoms with Gasteiger partial charge in [-0.1, -0.05) is 12.1 Å². The molecule has 22 heavy (non-hydrogen) atoms. The molecule has 0 spiro atoms. The van der Waals surface area contributed by atoms with E-state index >= 15 is 0 Å². The van der Waals surface area contributed by atoms with Gasteiger partial charge in [-0.3, -0.25) is 4.79 Å². The molecule has 2 aromatic heterocycles. The third kappa shape index (κ3) is 2.66. The fourth-order valence-corrected chi connectivity index (χ4v) is 4.72. The molecular weight excluding hydrogens is 312 g/mol. The standard InChI is InChI=1S/C17H16N2OS2/c20-17(19-9-7-14-12(11-19)8-10-21-14)6-5-16-18-13-3-1-2-4-15(13)22-16/h1-4,8,10H,5-7,9,11H2. The summed E-state index contributed by atoms with van der Waals surface area (Å²) in [5.41, 5.74) is 2.36. The molecule has 3 nitrogen and oxygen atoms in total. The van der Waals surface area contributed by atoms with Gasteiger partial charge in [0.15, 0.2) is 0 Å². The van der Waals surface area contributed by atoms with Crippen LogP contribution in [0.2, 0.25) is 0 Å². The van der Waals surface area contributed by atoms with Gasteiger partial charge in [-0.05, 0) is 35.6 Å². The van der Waals surface area contributed by atoms with Crippen LogP contribution in [-0.4, -0.2) is 22.3 Å². The molecule has 3 aromatic rings. The van der Waals surface area contributed by atoms with Crippen molar-refractivity contribution in [2.75, 3.05) is 6.54 Å². The Morgan fingerprint density at radius 1 is 1.27 bits per heavy atom. The lowest BCUT2D eigenvalue weighted by molar-refractivity contribution is -0.132. The molecule has 1 aliphatic heterocycles. The maximum Gasteiger partial charge on any atom is 0.223 e. The zero-order valence-electron chi connectivity index (χ0n) is 12.1. The molecule has 5 heteroatoms. The zero-order valence-corrected chi connectivity index (χ0v) is 13.8. The van der Waals surface area contributed by atoms with Crippen molar-refractivity contribution >= 4 is 38.8 Å². The van der Waals surface area contributed by atoms with Crippen molar-refractivity contribution in [3.63, 3.8) is 0 Å². The summed E-state index contributed by atoms with van der Waals surface area (Å²) in [5, 5.41) is 3.18. The first-order chi connectivity index (χ1) is 10.8. The molecule has 0 atom stereocenters. The highest BCUT2D eigenvalue weighted by Crippen LogP contribution is 2.25. The monoisotopic (exact) mass is 328 g/mol. The summed E-state index contributed by atoms with van der Waals surface area (Å²) in [6.45, 7) is 1.63. The molecule has 0 unspecified atom stereocenters. The van der Waals surface area contributed by atoms with Crippen LogP contribution in [-0.2, 0) is 24.2 Å². The summed E-state index contributed by atoms with van der Waals surface area (Å²) in [6, 6.07) is 10.3. The lowest BCUT2D eigenvalue weighted by atomic mass is 10.1. The van der Waals surface area contributed by atoms with E-state index < -0.39 is 0 Å². The molecule has 112 valence electrons. The molecule has 0 saturated carbocycles. The SMILES string of the molecule is O=C(CCc1nc2ccccc2s1)N1CCc2sccc2C1. The van der Waals surface area contributed by atoms with Gasteiger partial charge in [0.1, 0.15) is 0 Å². The van der Waals surface area contributed by atoms with E-state index in [0.717, 1.165) is 36.5 Å². The summed E-state index contributed by atoms with van der Waals surface area (Å²) in [7, 11) is 0. The van der Waals surface area contributed by atoms with Crippen LogP contribution in [0.25, 0.3) is 10.2 Å². The van der Waals surface area contributed by atoms with E-state index in [-0.39, 0.29) is 5.91 Å². The van der Waals surface area contributed by atoms with Crippen molar-refractivity contribution in [1.82, 2.24) is 9.88 Å². The number of rotatable bonds is 3. The Labute approximate surface area is 137 Å². The highest BCUT2D eigenvalue weighted by molar-refractivity contribution is 7.18. The third-order valence-electron chi connectivity index (χ3n) is 4.05. The Bertz CT molecular complexity index is 788. The number of para-hydroxylation sites is 1. The number of nitrogens with zero attached hydrogens (tertiary/aromatic N) is 2. The number of thiazole rings is 1. The topological polar surface area (TPSA) is 33.2 Å². The Balaban J connectivity index is 1.40. The number of hydrogen-bond acceptors (Lipinski definition) is 4. The quantitative estimate of drug-likeness (QED) is 0.731. The second-order valence-corrected chi connectivity index (χ2v) is 7.63. The largest absolute Gasteiger partial charge is 0.338 e. The molecule has 0 saturated heterocycles. The fourth-order valence-electron chi connectivity index (χ4n) is 2.86. The van der Waals surface area contributed by atoms with Crippen LogP contribution in [0, 0.1) is 0 Å². The average molecular weight is 328 g/mol. The number of amides is 1. The number of aromatic nitrogens is 1. The van der Waals surface area contributed by atoms with Gasteiger partial charge in [0.25, 0.3) is 0 Å². The molecule has 1 aromatic carbocycles. The van der Waals surface area contributed by atoms with Crippen molar-refractivity contribution in [3.05, 3.63) is 51.2 Å². The predicted molar refractivity (Wildman–Crippen MR) is 91.4 cm³/mol. The van der Waals surface area contributed by atoms with Crippen LogP contribution in [0.4, 0.5) is 0 Å². The van der Waals surface area contributed by atoms with Crippen LogP contribution in [0.1, 0.15) is 21.9 Å². The number of aryl methyl sites for hydroxylation is 1. The Morgan fingerprint density at radius 2 is 2.18 bits per heavy atom. The van der Waals surface area contributed by atoms with E-state index in [1.807, 2.05) is 23.1 Å². The smallest absolute Gasteiger partial charge is 0.223 e. The minimum Gasteiger partial charge on any atom is -0.338 e. The molecular formula is C17H16N2OS2. The van der Waals surface area contributed by atoms with Gasteiger partial charge in [0, 0.05) is 30.8 Å². The van der Waals surface area contributed by atoms with Crippen LogP contribution in [0.3, 0.4) is 0 Å².